The van der Waals surface area contributed by atoms with E-state index in [0.29, 0.717) is 5.69 Å². The molecule has 0 unspecified atom stereocenters. The highest BCUT2D eigenvalue weighted by Crippen LogP contribution is 2.35. The zero-order chi connectivity index (χ0) is 14.9. The molecule has 20 heavy (non-hydrogen) atoms. The van der Waals surface area contributed by atoms with E-state index in [1.165, 1.54) is 18.2 Å². The maximum Gasteiger partial charge on any atom is 0.273 e. The predicted molar refractivity (Wildman–Crippen MR) is 77.2 cm³/mol. The van der Waals surface area contributed by atoms with Crippen molar-refractivity contribution in [3.05, 3.63) is 56.3 Å². The number of nitro benzene ring substituents is 1. The lowest BCUT2D eigenvalue weighted by Crippen LogP contribution is -1.97. The van der Waals surface area contributed by atoms with Gasteiger partial charge < -0.3 is 11.1 Å². The summed E-state index contributed by atoms with van der Waals surface area (Å²) in [6.45, 7) is 0. The van der Waals surface area contributed by atoms with Crippen molar-refractivity contribution >= 4 is 46.0 Å². The minimum Gasteiger partial charge on any atom is -0.398 e. The molecule has 2 aromatic rings. The van der Waals surface area contributed by atoms with Gasteiger partial charge in [-0.1, -0.05) is 23.2 Å². The van der Waals surface area contributed by atoms with Crippen LogP contribution in [0.25, 0.3) is 0 Å². The van der Waals surface area contributed by atoms with Gasteiger partial charge in [0.15, 0.2) is 0 Å². The molecule has 5 nitrogen and oxygen atoms in total. The summed E-state index contributed by atoms with van der Waals surface area (Å²) in [5, 5.41) is 13.7. The Bertz CT molecular complexity index is 671. The van der Waals surface area contributed by atoms with Crippen molar-refractivity contribution in [1.29, 1.82) is 0 Å². The fraction of sp³-hybridized carbons (Fsp3) is 0. The van der Waals surface area contributed by atoms with Crippen LogP contribution in [-0.4, -0.2) is 4.92 Å². The van der Waals surface area contributed by atoms with Gasteiger partial charge in [-0.3, -0.25) is 10.1 Å². The van der Waals surface area contributed by atoms with Crippen LogP contribution in [0.4, 0.5) is 27.1 Å². The number of rotatable bonds is 3. The molecule has 0 fully saturated rings. The summed E-state index contributed by atoms with van der Waals surface area (Å²) in [6.07, 6.45) is 0. The Balaban J connectivity index is 2.42. The lowest BCUT2D eigenvalue weighted by molar-refractivity contribution is -0.384. The Kier molecular flexibility index (Phi) is 3.96. The summed E-state index contributed by atoms with van der Waals surface area (Å²) in [5.41, 5.74) is 6.18. The highest BCUT2D eigenvalue weighted by atomic mass is 35.5. The molecule has 8 heteroatoms. The summed E-state index contributed by atoms with van der Waals surface area (Å²) in [5.74, 6) is -0.580. The predicted octanol–water partition coefficient (Wildman–Crippen LogP) is 4.37. The maximum absolute atomic E-state index is 13.1. The number of benzene rings is 2. The largest absolute Gasteiger partial charge is 0.398 e. The van der Waals surface area contributed by atoms with Crippen LogP contribution in [0.15, 0.2) is 30.3 Å². The third-order valence-electron chi connectivity index (χ3n) is 2.43. The zero-order valence-electron chi connectivity index (χ0n) is 9.86. The smallest absolute Gasteiger partial charge is 0.273 e. The Hall–Kier alpha value is -2.05. The van der Waals surface area contributed by atoms with E-state index in [4.69, 9.17) is 28.9 Å². The first-order chi connectivity index (χ1) is 9.36. The van der Waals surface area contributed by atoms with Crippen molar-refractivity contribution in [3.63, 3.8) is 0 Å². The number of nitrogens with two attached hydrogens (primary N) is 1. The van der Waals surface area contributed by atoms with Crippen molar-refractivity contribution in [2.75, 3.05) is 11.1 Å². The van der Waals surface area contributed by atoms with Gasteiger partial charge >= 0.3 is 0 Å². The van der Waals surface area contributed by atoms with Gasteiger partial charge in [0.05, 0.1) is 20.7 Å². The van der Waals surface area contributed by atoms with E-state index < -0.39 is 10.7 Å². The van der Waals surface area contributed by atoms with Crippen LogP contribution in [0.3, 0.4) is 0 Å². The molecule has 104 valence electrons. The van der Waals surface area contributed by atoms with Crippen LogP contribution < -0.4 is 11.1 Å². The van der Waals surface area contributed by atoms with Gasteiger partial charge in [0.1, 0.15) is 5.82 Å². The molecule has 0 aromatic heterocycles. The van der Waals surface area contributed by atoms with Crippen LogP contribution in [-0.2, 0) is 0 Å². The monoisotopic (exact) mass is 315 g/mol. The number of hydrogen-bond acceptors (Lipinski definition) is 4. The van der Waals surface area contributed by atoms with Crippen molar-refractivity contribution in [2.24, 2.45) is 0 Å². The molecule has 3 N–H and O–H groups in total. The van der Waals surface area contributed by atoms with Crippen molar-refractivity contribution in [2.45, 2.75) is 0 Å². The molecule has 0 aliphatic carbocycles. The number of halogens is 3. The van der Waals surface area contributed by atoms with Gasteiger partial charge in [0.2, 0.25) is 0 Å². The Morgan fingerprint density at radius 3 is 2.30 bits per heavy atom. The fourth-order valence-electron chi connectivity index (χ4n) is 1.62. The average Bonchev–Trinajstić information content (AvgIpc) is 2.33. The second-order valence-corrected chi connectivity index (χ2v) is 4.75. The summed E-state index contributed by atoms with van der Waals surface area (Å²) >= 11 is 11.7. The lowest BCUT2D eigenvalue weighted by Gasteiger charge is -2.11. The normalized spacial score (nSPS) is 10.3. The van der Waals surface area contributed by atoms with Gasteiger partial charge in [-0.2, -0.15) is 0 Å². The van der Waals surface area contributed by atoms with Gasteiger partial charge in [0.25, 0.3) is 5.69 Å². The van der Waals surface area contributed by atoms with Crippen LogP contribution in [0.1, 0.15) is 0 Å². The molecule has 0 amide bonds. The van der Waals surface area contributed by atoms with Crippen molar-refractivity contribution in [1.82, 2.24) is 0 Å². The summed E-state index contributed by atoms with van der Waals surface area (Å²) in [6, 6.07) is 6.13. The number of nitrogen functional groups attached to an aromatic ring is 1. The topological polar surface area (TPSA) is 81.2 Å². The Morgan fingerprint density at radius 1 is 1.15 bits per heavy atom. The van der Waals surface area contributed by atoms with Gasteiger partial charge in [-0.15, -0.1) is 0 Å². The first-order valence-electron chi connectivity index (χ1n) is 5.33. The van der Waals surface area contributed by atoms with E-state index in [1.807, 2.05) is 0 Å². The Morgan fingerprint density at radius 2 is 1.75 bits per heavy atom. The molecule has 0 radical (unpaired) electrons. The van der Waals surface area contributed by atoms with E-state index in [0.717, 1.165) is 12.1 Å². The molecule has 0 atom stereocenters. The highest BCUT2D eigenvalue weighted by Gasteiger charge is 2.12. The lowest BCUT2D eigenvalue weighted by atomic mass is 10.2. The van der Waals surface area contributed by atoms with E-state index in [-0.39, 0.29) is 27.1 Å². The first kappa shape index (κ1) is 14.4. The quantitative estimate of drug-likeness (QED) is 0.500. The number of nitrogens with zero attached hydrogens (tertiary/aromatic N) is 1. The standard InChI is InChI=1S/C12H8Cl2FN3O2/c13-10-1-6(15)2-11(14)12(10)17-8-3-7(16)4-9(5-8)18(19)20/h1-5,17H,16H2. The molecule has 0 aliphatic heterocycles. The van der Waals surface area contributed by atoms with Crippen molar-refractivity contribution in [3.8, 4) is 0 Å². The number of nitro groups is 1. The van der Waals surface area contributed by atoms with Crippen LogP contribution >= 0.6 is 23.2 Å². The van der Waals surface area contributed by atoms with Gasteiger partial charge in [0, 0.05) is 23.5 Å². The number of anilines is 3. The molecule has 0 saturated heterocycles. The Labute approximate surface area is 123 Å². The van der Waals surface area contributed by atoms with Crippen LogP contribution in [0, 0.1) is 15.9 Å². The average molecular weight is 316 g/mol. The van der Waals surface area contributed by atoms with Crippen LogP contribution in [0.2, 0.25) is 10.0 Å². The van der Waals surface area contributed by atoms with Gasteiger partial charge in [-0.05, 0) is 18.2 Å². The van der Waals surface area contributed by atoms with E-state index >= 15 is 0 Å². The number of non-ortho nitro benzene ring substituents is 1. The number of nitrogens with one attached hydrogen (secondary N) is 1. The van der Waals surface area contributed by atoms with E-state index in [1.54, 1.807) is 0 Å². The molecule has 0 saturated carbocycles. The first-order valence-corrected chi connectivity index (χ1v) is 6.09. The minimum absolute atomic E-state index is 0.0556. The third-order valence-corrected chi connectivity index (χ3v) is 3.02. The second-order valence-electron chi connectivity index (χ2n) is 3.94. The van der Waals surface area contributed by atoms with Gasteiger partial charge in [-0.25, -0.2) is 4.39 Å². The third kappa shape index (κ3) is 3.09. The molecular formula is C12H8Cl2FN3O2. The van der Waals surface area contributed by atoms with Crippen molar-refractivity contribution < 1.29 is 9.31 Å². The molecule has 0 spiro atoms. The fourth-order valence-corrected chi connectivity index (χ4v) is 2.17. The highest BCUT2D eigenvalue weighted by molar-refractivity contribution is 6.39. The summed E-state index contributed by atoms with van der Waals surface area (Å²) < 4.78 is 13.1. The second kappa shape index (κ2) is 5.52. The summed E-state index contributed by atoms with van der Waals surface area (Å²) in [7, 11) is 0. The maximum atomic E-state index is 13.1. The molecular weight excluding hydrogens is 308 g/mol. The van der Waals surface area contributed by atoms with Crippen LogP contribution in [0.5, 0.6) is 0 Å². The summed E-state index contributed by atoms with van der Waals surface area (Å²) in [4.78, 5) is 10.2. The molecule has 0 aliphatic rings. The van der Waals surface area contributed by atoms with E-state index in [9.17, 15) is 14.5 Å². The molecule has 2 rings (SSSR count). The zero-order valence-corrected chi connectivity index (χ0v) is 11.4. The number of hydrogen-bond donors (Lipinski definition) is 2. The molecule has 0 heterocycles. The SMILES string of the molecule is Nc1cc(Nc2c(Cl)cc(F)cc2Cl)cc([N+](=O)[O-])c1. The molecule has 2 aromatic carbocycles. The minimum atomic E-state index is -0.580. The molecule has 0 bridgehead atoms. The van der Waals surface area contributed by atoms with E-state index in [2.05, 4.69) is 5.32 Å².